The van der Waals surface area contributed by atoms with Gasteiger partial charge in [0, 0.05) is 17.8 Å². The van der Waals surface area contributed by atoms with E-state index in [9.17, 15) is 9.18 Å². The second-order valence-corrected chi connectivity index (χ2v) is 3.78. The van der Waals surface area contributed by atoms with E-state index in [2.05, 4.69) is 5.10 Å². The Morgan fingerprint density at radius 2 is 2.37 bits per heavy atom. The molecular formula is C14H13FN2O2. The molecule has 0 atom stereocenters. The lowest BCUT2D eigenvalue weighted by Crippen LogP contribution is -1.98. The molecular weight excluding hydrogens is 247 g/mol. The number of hydrogen-bond donors (Lipinski definition) is 0. The fraction of sp³-hybridized carbons (Fsp3) is 0.143. The number of benzene rings is 1. The minimum absolute atomic E-state index is 0.323. The molecule has 1 heterocycles. The van der Waals surface area contributed by atoms with E-state index in [1.54, 1.807) is 37.5 Å². The van der Waals surface area contributed by atoms with Crippen molar-refractivity contribution < 1.29 is 13.9 Å². The highest BCUT2D eigenvalue weighted by Crippen LogP contribution is 2.10. The Morgan fingerprint density at radius 3 is 3.11 bits per heavy atom. The molecule has 0 aliphatic heterocycles. The van der Waals surface area contributed by atoms with Crippen LogP contribution < -0.4 is 0 Å². The molecule has 0 fully saturated rings. The first-order valence-electron chi connectivity index (χ1n) is 5.84. The molecule has 0 saturated carbocycles. The number of ether oxygens (including phenoxy) is 1. The van der Waals surface area contributed by atoms with Gasteiger partial charge in [-0.3, -0.25) is 0 Å². The van der Waals surface area contributed by atoms with Gasteiger partial charge in [0.2, 0.25) is 0 Å². The Kier molecular flexibility index (Phi) is 4.07. The SMILES string of the molecule is CCOC(=O)C=Cc1cnn(-c2cccc(F)c2)c1. The molecule has 0 aliphatic rings. The van der Waals surface area contributed by atoms with Crippen LogP contribution in [0, 0.1) is 5.82 Å². The van der Waals surface area contributed by atoms with Crippen LogP contribution in [0.1, 0.15) is 12.5 Å². The minimum atomic E-state index is -0.402. The zero-order valence-corrected chi connectivity index (χ0v) is 10.4. The lowest BCUT2D eigenvalue weighted by Gasteiger charge is -1.99. The molecule has 0 radical (unpaired) electrons. The second-order valence-electron chi connectivity index (χ2n) is 3.78. The summed E-state index contributed by atoms with van der Waals surface area (Å²) in [6.07, 6.45) is 6.21. The fourth-order valence-corrected chi connectivity index (χ4v) is 1.54. The number of aromatic nitrogens is 2. The lowest BCUT2D eigenvalue weighted by molar-refractivity contribution is -0.137. The van der Waals surface area contributed by atoms with E-state index < -0.39 is 5.97 Å². The molecule has 1 aromatic carbocycles. The van der Waals surface area contributed by atoms with Crippen LogP contribution in [0.5, 0.6) is 0 Å². The van der Waals surface area contributed by atoms with Gasteiger partial charge < -0.3 is 4.74 Å². The molecule has 0 amide bonds. The topological polar surface area (TPSA) is 44.1 Å². The van der Waals surface area contributed by atoms with Crippen molar-refractivity contribution in [3.8, 4) is 5.69 Å². The molecule has 4 nitrogen and oxygen atoms in total. The van der Waals surface area contributed by atoms with E-state index in [4.69, 9.17) is 4.74 Å². The Balaban J connectivity index is 2.13. The highest BCUT2D eigenvalue weighted by Gasteiger charge is 2.01. The summed E-state index contributed by atoms with van der Waals surface area (Å²) in [7, 11) is 0. The molecule has 0 unspecified atom stereocenters. The Labute approximate surface area is 110 Å². The third-order valence-electron chi connectivity index (χ3n) is 2.37. The van der Waals surface area contributed by atoms with Crippen LogP contribution in [0.3, 0.4) is 0 Å². The number of carbonyl (C=O) groups is 1. The van der Waals surface area contributed by atoms with Crippen LogP contribution in [0.4, 0.5) is 4.39 Å². The standard InChI is InChI=1S/C14H13FN2O2/c1-2-19-14(18)7-6-11-9-16-17(10-11)13-5-3-4-12(15)8-13/h3-10H,2H2,1H3. The van der Waals surface area contributed by atoms with Gasteiger partial charge in [-0.15, -0.1) is 0 Å². The third kappa shape index (κ3) is 3.51. The minimum Gasteiger partial charge on any atom is -0.463 e. The highest BCUT2D eigenvalue weighted by molar-refractivity contribution is 5.86. The molecule has 0 bridgehead atoms. The summed E-state index contributed by atoms with van der Waals surface area (Å²) >= 11 is 0. The maximum absolute atomic E-state index is 13.1. The lowest BCUT2D eigenvalue weighted by atomic mass is 10.3. The highest BCUT2D eigenvalue weighted by atomic mass is 19.1. The Hall–Kier alpha value is -2.43. The molecule has 0 spiro atoms. The molecule has 19 heavy (non-hydrogen) atoms. The van der Waals surface area contributed by atoms with E-state index in [0.717, 1.165) is 5.56 Å². The summed E-state index contributed by atoms with van der Waals surface area (Å²) in [5.74, 6) is -0.724. The molecule has 0 N–H and O–H groups in total. The van der Waals surface area contributed by atoms with Crippen molar-refractivity contribution in [3.05, 3.63) is 54.1 Å². The van der Waals surface area contributed by atoms with Crippen LogP contribution in [0.15, 0.2) is 42.7 Å². The maximum Gasteiger partial charge on any atom is 0.330 e. The number of carbonyl (C=O) groups excluding carboxylic acids is 1. The predicted molar refractivity (Wildman–Crippen MR) is 69.2 cm³/mol. The third-order valence-corrected chi connectivity index (χ3v) is 2.37. The van der Waals surface area contributed by atoms with Gasteiger partial charge in [0.25, 0.3) is 0 Å². The van der Waals surface area contributed by atoms with E-state index in [1.807, 2.05) is 0 Å². The van der Waals surface area contributed by atoms with Crippen molar-refractivity contribution >= 4 is 12.0 Å². The first-order valence-corrected chi connectivity index (χ1v) is 5.84. The predicted octanol–water partition coefficient (Wildman–Crippen LogP) is 2.59. The molecule has 98 valence electrons. The van der Waals surface area contributed by atoms with Gasteiger partial charge in [0.1, 0.15) is 5.82 Å². The van der Waals surface area contributed by atoms with Crippen molar-refractivity contribution in [3.63, 3.8) is 0 Å². The van der Waals surface area contributed by atoms with Crippen molar-refractivity contribution in [2.24, 2.45) is 0 Å². The van der Waals surface area contributed by atoms with Crippen molar-refractivity contribution in [1.29, 1.82) is 0 Å². The van der Waals surface area contributed by atoms with Gasteiger partial charge in [0.05, 0.1) is 18.5 Å². The summed E-state index contributed by atoms with van der Waals surface area (Å²) in [5.41, 5.74) is 1.35. The second kappa shape index (κ2) is 5.95. The monoisotopic (exact) mass is 260 g/mol. The average Bonchev–Trinajstić information content (AvgIpc) is 2.85. The average molecular weight is 260 g/mol. The van der Waals surface area contributed by atoms with Crippen LogP contribution in [0.25, 0.3) is 11.8 Å². The molecule has 5 heteroatoms. The molecule has 0 aliphatic carbocycles. The number of nitrogens with zero attached hydrogens (tertiary/aromatic N) is 2. The van der Waals surface area contributed by atoms with Crippen molar-refractivity contribution in [2.45, 2.75) is 6.92 Å². The zero-order valence-electron chi connectivity index (χ0n) is 10.4. The summed E-state index contributed by atoms with van der Waals surface area (Å²) in [4.78, 5) is 11.2. The Morgan fingerprint density at radius 1 is 1.53 bits per heavy atom. The van der Waals surface area contributed by atoms with Crippen LogP contribution >= 0.6 is 0 Å². The first-order chi connectivity index (χ1) is 9.19. The molecule has 1 aromatic heterocycles. The number of esters is 1. The molecule has 0 saturated heterocycles. The Bertz CT molecular complexity index is 605. The largest absolute Gasteiger partial charge is 0.463 e. The van der Waals surface area contributed by atoms with Crippen LogP contribution in [-0.4, -0.2) is 22.4 Å². The van der Waals surface area contributed by atoms with Gasteiger partial charge in [-0.2, -0.15) is 5.10 Å². The summed E-state index contributed by atoms with van der Waals surface area (Å²) < 4.78 is 19.4. The van der Waals surface area contributed by atoms with Gasteiger partial charge in [-0.1, -0.05) is 6.07 Å². The van der Waals surface area contributed by atoms with Crippen LogP contribution in [-0.2, 0) is 9.53 Å². The number of rotatable bonds is 4. The quantitative estimate of drug-likeness (QED) is 0.627. The summed E-state index contributed by atoms with van der Waals surface area (Å²) in [5, 5.41) is 4.10. The zero-order chi connectivity index (χ0) is 13.7. The van der Waals surface area contributed by atoms with Gasteiger partial charge in [-0.05, 0) is 31.2 Å². The van der Waals surface area contributed by atoms with E-state index in [1.165, 1.54) is 22.9 Å². The smallest absolute Gasteiger partial charge is 0.330 e. The van der Waals surface area contributed by atoms with Crippen LogP contribution in [0.2, 0.25) is 0 Å². The summed E-state index contributed by atoms with van der Waals surface area (Å²) in [6.45, 7) is 2.08. The fourth-order valence-electron chi connectivity index (χ4n) is 1.54. The van der Waals surface area contributed by atoms with Crippen molar-refractivity contribution in [1.82, 2.24) is 9.78 Å². The molecule has 2 aromatic rings. The van der Waals surface area contributed by atoms with Gasteiger partial charge >= 0.3 is 5.97 Å². The first kappa shape index (κ1) is 13.0. The normalized spacial score (nSPS) is 10.8. The van der Waals surface area contributed by atoms with E-state index in [-0.39, 0.29) is 5.82 Å². The van der Waals surface area contributed by atoms with E-state index in [0.29, 0.717) is 12.3 Å². The number of halogens is 1. The number of hydrogen-bond acceptors (Lipinski definition) is 3. The maximum atomic E-state index is 13.1. The van der Waals surface area contributed by atoms with E-state index >= 15 is 0 Å². The molecule has 2 rings (SSSR count). The summed E-state index contributed by atoms with van der Waals surface area (Å²) in [6, 6.07) is 6.11. The van der Waals surface area contributed by atoms with Crippen molar-refractivity contribution in [2.75, 3.05) is 6.61 Å². The van der Waals surface area contributed by atoms with Gasteiger partial charge in [-0.25, -0.2) is 13.9 Å². The van der Waals surface area contributed by atoms with Gasteiger partial charge in [0.15, 0.2) is 0 Å².